The lowest BCUT2D eigenvalue weighted by Gasteiger charge is -2.14. The Morgan fingerprint density at radius 2 is 2.08 bits per heavy atom. The average Bonchev–Trinajstić information content (AvgIpc) is 3.13. The number of fused-ring (bicyclic) bond motifs is 1. The molecular weight excluding hydrogens is 304 g/mol. The fourth-order valence-electron chi connectivity index (χ4n) is 2.77. The van der Waals surface area contributed by atoms with Gasteiger partial charge in [-0.1, -0.05) is 24.3 Å². The quantitative estimate of drug-likeness (QED) is 0.753. The summed E-state index contributed by atoms with van der Waals surface area (Å²) < 4.78 is 3.68. The molecule has 0 spiro atoms. The predicted molar refractivity (Wildman–Crippen MR) is 91.7 cm³/mol. The number of hydrogen-bond donors (Lipinski definition) is 1. The Balaban J connectivity index is 1.68. The predicted octanol–water partition coefficient (Wildman–Crippen LogP) is 2.16. The number of nitrogens with zero attached hydrogens (tertiary/aromatic N) is 5. The summed E-state index contributed by atoms with van der Waals surface area (Å²) in [6.45, 7) is 7.35. The number of aryl methyl sites for hydroxylation is 1. The van der Waals surface area contributed by atoms with Crippen LogP contribution in [0.25, 0.3) is 11.0 Å². The molecule has 1 amide bonds. The maximum absolute atomic E-state index is 12.5. The minimum absolute atomic E-state index is 0.0727. The van der Waals surface area contributed by atoms with Gasteiger partial charge in [-0.3, -0.25) is 9.48 Å². The molecule has 7 heteroatoms. The minimum atomic E-state index is -0.105. The third-order valence-electron chi connectivity index (χ3n) is 4.03. The van der Waals surface area contributed by atoms with E-state index in [1.165, 1.54) is 0 Å². The zero-order chi connectivity index (χ0) is 17.1. The van der Waals surface area contributed by atoms with Gasteiger partial charge < -0.3 is 5.32 Å². The average molecular weight is 326 g/mol. The van der Waals surface area contributed by atoms with Crippen LogP contribution in [0.1, 0.15) is 36.3 Å². The molecule has 7 nitrogen and oxygen atoms in total. The summed E-state index contributed by atoms with van der Waals surface area (Å²) in [5.74, 6) is -0.105. The molecule has 1 atom stereocenters. The van der Waals surface area contributed by atoms with Gasteiger partial charge in [-0.2, -0.15) is 5.10 Å². The first-order valence-electron chi connectivity index (χ1n) is 8.21. The first kappa shape index (κ1) is 16.2. The van der Waals surface area contributed by atoms with E-state index in [0.29, 0.717) is 12.1 Å². The van der Waals surface area contributed by atoms with Gasteiger partial charge in [0.05, 0.1) is 23.8 Å². The van der Waals surface area contributed by atoms with Crippen LogP contribution in [0, 0.1) is 6.92 Å². The summed E-state index contributed by atoms with van der Waals surface area (Å²) in [5.41, 5.74) is 3.34. The highest BCUT2D eigenvalue weighted by atomic mass is 16.1. The maximum Gasteiger partial charge on any atom is 0.255 e. The third-order valence-corrected chi connectivity index (χ3v) is 4.03. The van der Waals surface area contributed by atoms with E-state index in [-0.39, 0.29) is 11.9 Å². The van der Waals surface area contributed by atoms with Gasteiger partial charge in [0.1, 0.15) is 5.52 Å². The molecule has 0 aliphatic heterocycles. The highest BCUT2D eigenvalue weighted by molar-refractivity contribution is 5.95. The molecule has 1 aromatic carbocycles. The van der Waals surface area contributed by atoms with Gasteiger partial charge in [0.2, 0.25) is 0 Å². The number of para-hydroxylation sites is 1. The molecule has 0 fully saturated rings. The van der Waals surface area contributed by atoms with Crippen molar-refractivity contribution in [1.29, 1.82) is 0 Å². The first-order valence-corrected chi connectivity index (χ1v) is 8.21. The van der Waals surface area contributed by atoms with E-state index < -0.39 is 0 Å². The van der Waals surface area contributed by atoms with E-state index in [0.717, 1.165) is 29.7 Å². The van der Waals surface area contributed by atoms with Gasteiger partial charge in [0.15, 0.2) is 0 Å². The van der Waals surface area contributed by atoms with E-state index in [9.17, 15) is 4.79 Å². The molecule has 3 aromatic rings. The van der Waals surface area contributed by atoms with E-state index in [1.54, 1.807) is 6.20 Å². The third kappa shape index (κ3) is 3.15. The molecule has 0 aliphatic carbocycles. The Morgan fingerprint density at radius 3 is 2.88 bits per heavy atom. The van der Waals surface area contributed by atoms with Gasteiger partial charge in [-0.25, -0.2) is 4.68 Å². The number of carbonyl (C=O) groups excluding carboxylic acids is 1. The zero-order valence-corrected chi connectivity index (χ0v) is 14.2. The number of benzene rings is 1. The Labute approximate surface area is 140 Å². The van der Waals surface area contributed by atoms with Gasteiger partial charge in [-0.15, -0.1) is 5.10 Å². The van der Waals surface area contributed by atoms with Crippen LogP contribution >= 0.6 is 0 Å². The van der Waals surface area contributed by atoms with E-state index >= 15 is 0 Å². The number of nitrogens with one attached hydrogen (secondary N) is 1. The fraction of sp³-hybridized carbons (Fsp3) is 0.412. The van der Waals surface area contributed by atoms with Crippen molar-refractivity contribution in [2.24, 2.45) is 0 Å². The molecule has 24 heavy (non-hydrogen) atoms. The lowest BCUT2D eigenvalue weighted by molar-refractivity contribution is 0.0935. The van der Waals surface area contributed by atoms with Crippen molar-refractivity contribution in [2.45, 2.75) is 46.3 Å². The monoisotopic (exact) mass is 326 g/mol. The molecule has 126 valence electrons. The zero-order valence-electron chi connectivity index (χ0n) is 14.2. The maximum atomic E-state index is 12.5. The molecule has 0 aliphatic rings. The van der Waals surface area contributed by atoms with Crippen molar-refractivity contribution in [3.8, 4) is 0 Å². The fourth-order valence-corrected chi connectivity index (χ4v) is 2.77. The molecule has 2 aromatic heterocycles. The van der Waals surface area contributed by atoms with Crippen molar-refractivity contribution >= 4 is 16.9 Å². The van der Waals surface area contributed by atoms with Gasteiger partial charge in [0, 0.05) is 18.3 Å². The Hall–Kier alpha value is -2.70. The summed E-state index contributed by atoms with van der Waals surface area (Å²) in [5, 5.41) is 15.6. The van der Waals surface area contributed by atoms with Crippen molar-refractivity contribution in [2.75, 3.05) is 0 Å². The molecule has 2 heterocycles. The lowest BCUT2D eigenvalue weighted by Crippen LogP contribution is -2.36. The largest absolute Gasteiger partial charge is 0.348 e. The normalized spacial score (nSPS) is 12.5. The number of carbonyl (C=O) groups is 1. The van der Waals surface area contributed by atoms with Crippen LogP contribution in [0.4, 0.5) is 0 Å². The molecule has 0 bridgehead atoms. The topological polar surface area (TPSA) is 77.6 Å². The summed E-state index contributed by atoms with van der Waals surface area (Å²) >= 11 is 0. The molecule has 0 saturated carbocycles. The van der Waals surface area contributed by atoms with Crippen molar-refractivity contribution in [3.05, 3.63) is 41.7 Å². The van der Waals surface area contributed by atoms with E-state index in [2.05, 4.69) is 27.7 Å². The van der Waals surface area contributed by atoms with Gasteiger partial charge in [-0.05, 0) is 32.4 Å². The standard InChI is InChI=1S/C17H22N6O/c1-4-9-22-13(3)14(10-18-22)17(24)19-12(2)11-23-16-8-6-5-7-15(16)20-21-23/h5-8,10,12H,4,9,11H2,1-3H3,(H,19,24)/t12-/m1/s1. The number of hydrogen-bond acceptors (Lipinski definition) is 4. The molecule has 1 N–H and O–H groups in total. The Morgan fingerprint density at radius 1 is 1.29 bits per heavy atom. The van der Waals surface area contributed by atoms with Crippen LogP contribution < -0.4 is 5.32 Å². The summed E-state index contributed by atoms with van der Waals surface area (Å²) in [4.78, 5) is 12.5. The highest BCUT2D eigenvalue weighted by Crippen LogP contribution is 2.11. The summed E-state index contributed by atoms with van der Waals surface area (Å²) in [6.07, 6.45) is 2.62. The van der Waals surface area contributed by atoms with Crippen LogP contribution in [-0.4, -0.2) is 36.7 Å². The van der Waals surface area contributed by atoms with E-state index in [4.69, 9.17) is 0 Å². The summed E-state index contributed by atoms with van der Waals surface area (Å²) in [7, 11) is 0. The van der Waals surface area contributed by atoms with Crippen molar-refractivity contribution in [1.82, 2.24) is 30.1 Å². The van der Waals surface area contributed by atoms with Crippen LogP contribution in [0.15, 0.2) is 30.5 Å². The summed E-state index contributed by atoms with van der Waals surface area (Å²) in [6, 6.07) is 7.72. The number of amides is 1. The smallest absolute Gasteiger partial charge is 0.255 e. The number of rotatable bonds is 6. The Bertz CT molecular complexity index is 850. The molecule has 0 saturated heterocycles. The first-order chi connectivity index (χ1) is 11.6. The van der Waals surface area contributed by atoms with Crippen LogP contribution in [-0.2, 0) is 13.1 Å². The van der Waals surface area contributed by atoms with Gasteiger partial charge >= 0.3 is 0 Å². The SMILES string of the molecule is CCCn1ncc(C(=O)N[C@H](C)Cn2nnc3ccccc32)c1C. The van der Waals surface area contributed by atoms with Crippen LogP contribution in [0.3, 0.4) is 0 Å². The molecule has 0 radical (unpaired) electrons. The molecule has 0 unspecified atom stereocenters. The highest BCUT2D eigenvalue weighted by Gasteiger charge is 2.17. The second-order valence-corrected chi connectivity index (χ2v) is 6.00. The van der Waals surface area contributed by atoms with Crippen LogP contribution in [0.2, 0.25) is 0 Å². The molecule has 3 rings (SSSR count). The van der Waals surface area contributed by atoms with Crippen molar-refractivity contribution < 1.29 is 4.79 Å². The van der Waals surface area contributed by atoms with E-state index in [1.807, 2.05) is 47.5 Å². The Kier molecular flexibility index (Phi) is 4.59. The minimum Gasteiger partial charge on any atom is -0.348 e. The van der Waals surface area contributed by atoms with Crippen molar-refractivity contribution in [3.63, 3.8) is 0 Å². The lowest BCUT2D eigenvalue weighted by atomic mass is 10.2. The number of aromatic nitrogens is 5. The molecular formula is C17H22N6O. The second kappa shape index (κ2) is 6.82. The second-order valence-electron chi connectivity index (χ2n) is 6.00. The van der Waals surface area contributed by atoms with Gasteiger partial charge in [0.25, 0.3) is 5.91 Å². The van der Waals surface area contributed by atoms with Crippen LogP contribution in [0.5, 0.6) is 0 Å².